The molecule has 1 fully saturated rings. The van der Waals surface area contributed by atoms with E-state index in [2.05, 4.69) is 49.3 Å². The molecule has 0 aromatic carbocycles. The van der Waals surface area contributed by atoms with Crippen LogP contribution in [0.4, 0.5) is 0 Å². The predicted octanol–water partition coefficient (Wildman–Crippen LogP) is 1.14. The second kappa shape index (κ2) is 6.70. The van der Waals surface area contributed by atoms with Crippen molar-refractivity contribution < 1.29 is 4.74 Å². The number of nitrogens with one attached hydrogen (secondary N) is 1. The van der Waals surface area contributed by atoms with Crippen LogP contribution in [0.1, 0.15) is 26.3 Å². The van der Waals surface area contributed by atoms with Crippen molar-refractivity contribution in [3.8, 4) is 0 Å². The molecule has 1 N–H and O–H groups in total. The van der Waals surface area contributed by atoms with Gasteiger partial charge in [-0.3, -0.25) is 9.58 Å². The van der Waals surface area contributed by atoms with Gasteiger partial charge in [-0.05, 0) is 39.8 Å². The van der Waals surface area contributed by atoms with E-state index in [-0.39, 0.29) is 5.54 Å². The quantitative estimate of drug-likeness (QED) is 0.849. The maximum Gasteiger partial charge on any atom is 0.0594 e. The van der Waals surface area contributed by atoms with Crippen molar-refractivity contribution in [2.75, 3.05) is 33.4 Å². The van der Waals surface area contributed by atoms with Crippen molar-refractivity contribution in [1.82, 2.24) is 20.0 Å². The molecule has 0 bridgehead atoms. The molecule has 0 spiro atoms. The topological polar surface area (TPSA) is 42.3 Å². The van der Waals surface area contributed by atoms with E-state index in [0.717, 1.165) is 39.3 Å². The lowest BCUT2D eigenvalue weighted by atomic mass is 9.88. The first-order valence-electron chi connectivity index (χ1n) is 7.59. The summed E-state index contributed by atoms with van der Waals surface area (Å²) in [4.78, 5) is 2.53. The molecule has 0 aliphatic carbocycles. The normalized spacial score (nSPS) is 19.2. The van der Waals surface area contributed by atoms with Crippen LogP contribution in [0.3, 0.4) is 0 Å². The van der Waals surface area contributed by atoms with Crippen LogP contribution in [0.15, 0.2) is 12.4 Å². The molecular weight excluding hydrogens is 252 g/mol. The molecule has 0 saturated carbocycles. The average molecular weight is 280 g/mol. The van der Waals surface area contributed by atoms with Gasteiger partial charge in [-0.1, -0.05) is 0 Å². The van der Waals surface area contributed by atoms with Crippen LogP contribution in [0.25, 0.3) is 0 Å². The van der Waals surface area contributed by atoms with Gasteiger partial charge in [0.2, 0.25) is 0 Å². The third-order valence-corrected chi connectivity index (χ3v) is 4.48. The molecule has 5 nitrogen and oxygen atoms in total. The average Bonchev–Trinajstić information content (AvgIpc) is 2.93. The van der Waals surface area contributed by atoms with E-state index >= 15 is 0 Å². The number of likely N-dealkylation sites (N-methyl/N-ethyl adjacent to an activating group) is 1. The van der Waals surface area contributed by atoms with Crippen LogP contribution < -0.4 is 5.32 Å². The minimum atomic E-state index is 0.104. The minimum Gasteiger partial charge on any atom is -0.379 e. The van der Waals surface area contributed by atoms with E-state index in [0.29, 0.717) is 6.04 Å². The number of nitrogens with zero attached hydrogens (tertiary/aromatic N) is 3. The van der Waals surface area contributed by atoms with Gasteiger partial charge in [0.25, 0.3) is 0 Å². The molecule has 114 valence electrons. The Morgan fingerprint density at radius 1 is 1.40 bits per heavy atom. The maximum absolute atomic E-state index is 5.47. The monoisotopic (exact) mass is 280 g/mol. The Labute approximate surface area is 122 Å². The predicted molar refractivity (Wildman–Crippen MR) is 80.9 cm³/mol. The zero-order valence-corrected chi connectivity index (χ0v) is 13.2. The van der Waals surface area contributed by atoms with Gasteiger partial charge in [0.05, 0.1) is 19.4 Å². The fourth-order valence-corrected chi connectivity index (χ4v) is 2.99. The zero-order valence-electron chi connectivity index (χ0n) is 13.2. The highest BCUT2D eigenvalue weighted by atomic mass is 16.5. The summed E-state index contributed by atoms with van der Waals surface area (Å²) in [6.45, 7) is 11.4. The number of aryl methyl sites for hydroxylation is 1. The molecule has 1 aliphatic heterocycles. The minimum absolute atomic E-state index is 0.104. The van der Waals surface area contributed by atoms with Crippen molar-refractivity contribution in [3.05, 3.63) is 18.0 Å². The van der Waals surface area contributed by atoms with E-state index in [1.165, 1.54) is 5.56 Å². The Balaban J connectivity index is 2.05. The lowest BCUT2D eigenvalue weighted by molar-refractivity contribution is -0.0223. The van der Waals surface area contributed by atoms with E-state index in [1.807, 2.05) is 10.9 Å². The van der Waals surface area contributed by atoms with Crippen molar-refractivity contribution in [2.45, 2.75) is 45.3 Å². The molecular formula is C15H28N4O. The van der Waals surface area contributed by atoms with Gasteiger partial charge in [-0.15, -0.1) is 0 Å². The second-order valence-electron chi connectivity index (χ2n) is 6.00. The lowest BCUT2D eigenvalue weighted by Crippen LogP contribution is -2.60. The summed E-state index contributed by atoms with van der Waals surface area (Å²) >= 11 is 0. The van der Waals surface area contributed by atoms with Crippen LogP contribution in [-0.2, 0) is 17.7 Å². The first-order valence-corrected chi connectivity index (χ1v) is 7.59. The van der Waals surface area contributed by atoms with Crippen LogP contribution in [0.5, 0.6) is 0 Å². The molecule has 1 unspecified atom stereocenters. The van der Waals surface area contributed by atoms with Gasteiger partial charge >= 0.3 is 0 Å². The second-order valence-corrected chi connectivity index (χ2v) is 6.00. The number of hydrogen-bond donors (Lipinski definition) is 1. The molecule has 1 saturated heterocycles. The Bertz CT molecular complexity index is 410. The highest BCUT2D eigenvalue weighted by molar-refractivity contribution is 5.10. The Kier molecular flexibility index (Phi) is 5.18. The van der Waals surface area contributed by atoms with Gasteiger partial charge < -0.3 is 10.1 Å². The third kappa shape index (κ3) is 3.40. The van der Waals surface area contributed by atoms with Gasteiger partial charge in [0.1, 0.15) is 0 Å². The van der Waals surface area contributed by atoms with E-state index in [1.54, 1.807) is 0 Å². The first-order chi connectivity index (χ1) is 9.57. The number of rotatable bonds is 6. The summed E-state index contributed by atoms with van der Waals surface area (Å²) in [5, 5.41) is 7.87. The Morgan fingerprint density at radius 2 is 2.10 bits per heavy atom. The summed E-state index contributed by atoms with van der Waals surface area (Å²) < 4.78 is 7.46. The van der Waals surface area contributed by atoms with Gasteiger partial charge in [0, 0.05) is 37.4 Å². The van der Waals surface area contributed by atoms with Crippen molar-refractivity contribution >= 4 is 0 Å². The van der Waals surface area contributed by atoms with Crippen LogP contribution in [-0.4, -0.2) is 59.6 Å². The smallest absolute Gasteiger partial charge is 0.0594 e. The van der Waals surface area contributed by atoms with E-state index in [9.17, 15) is 0 Å². The Morgan fingerprint density at radius 3 is 2.65 bits per heavy atom. The lowest BCUT2D eigenvalue weighted by Gasteiger charge is -2.45. The SMILES string of the molecule is CCn1cc(CC(NC)C(C)(C)N2CCOCC2)cn1. The number of morpholine rings is 1. The van der Waals surface area contributed by atoms with Crippen molar-refractivity contribution in [2.24, 2.45) is 0 Å². The standard InChI is InChI=1S/C15H28N4O/c1-5-19-12-13(11-17-19)10-14(16-4)15(2,3)18-6-8-20-9-7-18/h11-12,14,16H,5-10H2,1-4H3. The van der Waals surface area contributed by atoms with Crippen molar-refractivity contribution in [3.63, 3.8) is 0 Å². The highest BCUT2D eigenvalue weighted by Gasteiger charge is 2.35. The maximum atomic E-state index is 5.47. The summed E-state index contributed by atoms with van der Waals surface area (Å²) in [5.41, 5.74) is 1.40. The first kappa shape index (κ1) is 15.5. The largest absolute Gasteiger partial charge is 0.379 e. The summed E-state index contributed by atoms with van der Waals surface area (Å²) in [6.07, 6.45) is 5.14. The number of aromatic nitrogens is 2. The molecule has 5 heteroatoms. The van der Waals surface area contributed by atoms with Gasteiger partial charge in [-0.25, -0.2) is 0 Å². The number of hydrogen-bond acceptors (Lipinski definition) is 4. The van der Waals surface area contributed by atoms with Gasteiger partial charge in [-0.2, -0.15) is 5.10 Å². The molecule has 1 aliphatic rings. The van der Waals surface area contributed by atoms with E-state index < -0.39 is 0 Å². The fraction of sp³-hybridized carbons (Fsp3) is 0.800. The number of ether oxygens (including phenoxy) is 1. The summed E-state index contributed by atoms with van der Waals surface area (Å²) in [6, 6.07) is 0.398. The summed E-state index contributed by atoms with van der Waals surface area (Å²) in [7, 11) is 2.05. The molecule has 1 aromatic heterocycles. The molecule has 2 heterocycles. The highest BCUT2D eigenvalue weighted by Crippen LogP contribution is 2.23. The zero-order chi connectivity index (χ0) is 14.6. The van der Waals surface area contributed by atoms with Crippen molar-refractivity contribution in [1.29, 1.82) is 0 Å². The molecule has 0 radical (unpaired) electrons. The molecule has 1 atom stereocenters. The molecule has 0 amide bonds. The van der Waals surface area contributed by atoms with Gasteiger partial charge in [0.15, 0.2) is 0 Å². The van der Waals surface area contributed by atoms with Crippen LogP contribution >= 0.6 is 0 Å². The fourth-order valence-electron chi connectivity index (χ4n) is 2.99. The molecule has 1 aromatic rings. The summed E-state index contributed by atoms with van der Waals surface area (Å²) in [5.74, 6) is 0. The molecule has 2 rings (SSSR count). The Hall–Kier alpha value is -0.910. The third-order valence-electron chi connectivity index (χ3n) is 4.48. The molecule has 20 heavy (non-hydrogen) atoms. The van der Waals surface area contributed by atoms with Crippen LogP contribution in [0, 0.1) is 0 Å². The van der Waals surface area contributed by atoms with E-state index in [4.69, 9.17) is 4.74 Å². The van der Waals surface area contributed by atoms with Crippen LogP contribution in [0.2, 0.25) is 0 Å².